The Balaban J connectivity index is -0.000000180. The number of amides is 1. The van der Waals surface area contributed by atoms with E-state index >= 15 is 0 Å². The van der Waals surface area contributed by atoms with Crippen LogP contribution in [0.15, 0.2) is 96.6 Å². The summed E-state index contributed by atoms with van der Waals surface area (Å²) in [5.74, 6) is 1.78. The van der Waals surface area contributed by atoms with Crippen LogP contribution in [0.3, 0.4) is 0 Å². The van der Waals surface area contributed by atoms with Gasteiger partial charge in [0.25, 0.3) is 0 Å². The number of carbonyl (C=O) groups excluding carboxylic acids is 2. The fourth-order valence-electron chi connectivity index (χ4n) is 5.99. The van der Waals surface area contributed by atoms with E-state index in [-0.39, 0.29) is 120 Å². The van der Waals surface area contributed by atoms with Crippen LogP contribution in [0.1, 0.15) is 122 Å². The third-order valence-electron chi connectivity index (χ3n) is 9.90. The number of hydrazone groups is 1. The maximum Gasteiger partial charge on any atom is 0.344 e. The number of unbranched alkanes of at least 4 members (excludes halogenated alkanes) is 1. The van der Waals surface area contributed by atoms with E-state index in [9.17, 15) is 18.7 Å². The van der Waals surface area contributed by atoms with Gasteiger partial charge in [0.1, 0.15) is 61.2 Å². The first-order valence-corrected chi connectivity index (χ1v) is 28.5. The summed E-state index contributed by atoms with van der Waals surface area (Å²) in [5, 5.41) is 15.4. The number of rotatable bonds is 29. The zero-order valence-corrected chi connectivity index (χ0v) is 51.2. The second-order valence-electron chi connectivity index (χ2n) is 16.4. The van der Waals surface area contributed by atoms with Crippen LogP contribution in [0.4, 0.5) is 0 Å². The monoisotopic (exact) mass is 1510 g/mol. The van der Waals surface area contributed by atoms with Crippen molar-refractivity contribution in [3.05, 3.63) is 114 Å². The molecule has 1 radical (unpaired) electrons. The van der Waals surface area contributed by atoms with E-state index in [1.807, 2.05) is 107 Å². The van der Waals surface area contributed by atoms with E-state index in [2.05, 4.69) is 20.7 Å². The Bertz CT molecular complexity index is 2350. The largest absolute Gasteiger partial charge is 0.497 e. The molecule has 1 amide bonds. The van der Waals surface area contributed by atoms with E-state index in [4.69, 9.17) is 48.8 Å². The van der Waals surface area contributed by atoms with Gasteiger partial charge in [0.2, 0.25) is 5.91 Å². The minimum absolute atomic E-state index is 0. The number of nitrogens with one attached hydrogen (secondary N) is 1. The van der Waals surface area contributed by atoms with Crippen LogP contribution in [0.25, 0.3) is 0 Å². The van der Waals surface area contributed by atoms with Crippen LogP contribution < -0.4 is 19.5 Å². The Hall–Kier alpha value is -5.07. The van der Waals surface area contributed by atoms with Gasteiger partial charge >= 0.3 is 28.0 Å². The summed E-state index contributed by atoms with van der Waals surface area (Å²) in [6, 6.07) is 22.8. The van der Waals surface area contributed by atoms with Gasteiger partial charge in [-0.05, 0) is 118 Å². The fourth-order valence-corrected chi connectivity index (χ4v) is 8.69. The van der Waals surface area contributed by atoms with E-state index in [1.54, 1.807) is 29.2 Å². The zero-order chi connectivity index (χ0) is 51.6. The van der Waals surface area contributed by atoms with Gasteiger partial charge in [-0.25, -0.2) is 4.68 Å². The van der Waals surface area contributed by atoms with Crippen LogP contribution in [-0.2, 0) is 95.9 Å². The van der Waals surface area contributed by atoms with Crippen molar-refractivity contribution in [1.29, 1.82) is 0 Å². The summed E-state index contributed by atoms with van der Waals surface area (Å²) in [5.41, 5.74) is 3.39. The minimum atomic E-state index is -3.30. The number of esters is 1. The average molecular weight is 1520 g/mol. The molecule has 3 aromatic carbocycles. The van der Waals surface area contributed by atoms with Crippen LogP contribution >= 0.6 is 34.4 Å². The average Bonchev–Trinajstić information content (AvgIpc) is 3.79. The second-order valence-corrected chi connectivity index (χ2v) is 24.0. The number of benzene rings is 3. The third-order valence-corrected chi connectivity index (χ3v) is 15.2. The van der Waals surface area contributed by atoms with Gasteiger partial charge in [0, 0.05) is 70.9 Å². The van der Waals surface area contributed by atoms with Gasteiger partial charge in [-0.3, -0.25) is 23.6 Å². The van der Waals surface area contributed by atoms with Crippen molar-refractivity contribution in [2.24, 2.45) is 5.10 Å². The fraction of sp³-hybridized carbons (Fsp3) is 0.545. The molecule has 1 aromatic heterocycles. The zero-order valence-electron chi connectivity index (χ0n) is 42.9. The molecular weight excluding hydrogens is 1420 g/mol. The molecule has 1 heterocycles. The second kappa shape index (κ2) is 49.5. The Morgan fingerprint density at radius 1 is 0.728 bits per heavy atom. The van der Waals surface area contributed by atoms with Gasteiger partial charge in [-0.2, -0.15) is 0 Å². The smallest absolute Gasteiger partial charge is 0.344 e. The van der Waals surface area contributed by atoms with Crippen molar-refractivity contribution in [2.45, 2.75) is 131 Å². The molecule has 0 fully saturated rings. The SMILES string of the molecule is C.C.C.C.C.C.C.C.CN(/N=C/c1ccc(OC=COc2ccc(CCNC(=O)Cn3cc(CCCCC(=O)OC(C)(C)C)nn3)cc2)cc1)[P+](C)=S.COc1ccc(CCN(CP(=O)(OC)OC)CP(=O)(OC)OC)cc1.Cl.[Cm].[Co]. The molecule has 0 aliphatic heterocycles. The Labute approximate surface area is 506 Å². The molecule has 0 bridgehead atoms. The van der Waals surface area contributed by atoms with E-state index in [0.29, 0.717) is 56.7 Å². The summed E-state index contributed by atoms with van der Waals surface area (Å²) in [4.78, 5) is 25.9. The summed E-state index contributed by atoms with van der Waals surface area (Å²) in [6.45, 7) is 7.92. The topological polar surface area (TPSA) is 204 Å². The van der Waals surface area contributed by atoms with Crippen LogP contribution in [0.5, 0.6) is 17.2 Å². The first-order valence-electron chi connectivity index (χ1n) is 22.3. The Morgan fingerprint density at radius 2 is 1.19 bits per heavy atom. The van der Waals surface area contributed by atoms with Crippen molar-refractivity contribution in [3.63, 3.8) is 0 Å². The molecule has 81 heavy (non-hydrogen) atoms. The summed E-state index contributed by atoms with van der Waals surface area (Å²) >= 11 is 5.22. The molecule has 4 rings (SSSR count). The summed E-state index contributed by atoms with van der Waals surface area (Å²) in [6.07, 6.45) is 10.3. The molecular formula is C55H102ClCmCoN7O12P3S+. The van der Waals surface area contributed by atoms with E-state index in [1.165, 1.54) is 45.6 Å². The van der Waals surface area contributed by atoms with Gasteiger partial charge in [-0.1, -0.05) is 88.9 Å². The summed E-state index contributed by atoms with van der Waals surface area (Å²) < 4.78 is 69.8. The molecule has 0 saturated heterocycles. The van der Waals surface area contributed by atoms with E-state index in [0.717, 1.165) is 34.6 Å². The van der Waals surface area contributed by atoms with Gasteiger partial charge < -0.3 is 42.4 Å². The van der Waals surface area contributed by atoms with Crippen LogP contribution in [-0.4, -0.2) is 123 Å². The van der Waals surface area contributed by atoms with Crippen molar-refractivity contribution < 1.29 is 72.5 Å². The molecule has 26 heteroatoms. The normalized spacial score (nSPS) is 10.5. The number of hydrogen-bond donors (Lipinski definition) is 1. The maximum absolute atomic E-state index is 12.4. The first-order chi connectivity index (χ1) is 33.3. The molecule has 1 atom stereocenters. The number of hydrogen-bond acceptors (Lipinski definition) is 17. The van der Waals surface area contributed by atoms with Crippen LogP contribution in [0, 0.1) is 0 Å². The first kappa shape index (κ1) is 95.2. The van der Waals surface area contributed by atoms with Crippen molar-refractivity contribution in [1.82, 2.24) is 30.0 Å². The van der Waals surface area contributed by atoms with Crippen LogP contribution in [0.2, 0.25) is 0 Å². The number of aromatic nitrogens is 3. The number of nitrogens with zero attached hydrogens (tertiary/aromatic N) is 6. The quantitative estimate of drug-likeness (QED) is 0.0134. The molecule has 1 unspecified atom stereocenters. The number of ether oxygens (including phenoxy) is 4. The molecule has 0 saturated carbocycles. The number of halogens is 1. The predicted molar refractivity (Wildman–Crippen MR) is 336 cm³/mol. The minimum Gasteiger partial charge on any atom is -0.497 e. The van der Waals surface area contributed by atoms with Crippen molar-refractivity contribution >= 4 is 64.3 Å². The van der Waals surface area contributed by atoms with E-state index < -0.39 is 27.6 Å². The van der Waals surface area contributed by atoms with Gasteiger partial charge in [0.05, 0.1) is 26.1 Å². The van der Waals surface area contributed by atoms with Gasteiger partial charge in [0.15, 0.2) is 11.8 Å². The third kappa shape index (κ3) is 39.1. The number of carbonyl (C=O) groups is 2. The van der Waals surface area contributed by atoms with Crippen molar-refractivity contribution in [3.8, 4) is 17.2 Å². The maximum atomic E-state index is 12.4. The molecule has 1 N–H and O–H groups in total. The van der Waals surface area contributed by atoms with Crippen molar-refractivity contribution in [2.75, 3.05) is 74.9 Å². The molecule has 0 aliphatic carbocycles. The van der Waals surface area contributed by atoms with Gasteiger partial charge in [-0.15, -0.1) is 27.4 Å². The molecule has 19 nitrogen and oxygen atoms in total. The Kier molecular flexibility index (Phi) is 58.2. The molecule has 4 aromatic rings. The molecule has 0 aliphatic rings. The predicted octanol–water partition coefficient (Wildman–Crippen LogP) is 14.3. The Morgan fingerprint density at radius 3 is 1.63 bits per heavy atom. The number of aryl methyl sites for hydroxylation is 1. The standard InChI is InChI=1S/C32H41N6O5PS.C15H27NO7P2.8CH4.ClH.Cm.Co/c1-32(2,3)43-31(40)9-7-6-8-27-23-38(36-35-27)24-30(39)33-19-18-25-10-14-28(15-11-25)41-20-21-42-29-16-12-26(13-17-29)22-34-37(4)44(5)45;1-19-15-8-6-14(7-9-15)10-11-16(12-24(17,20-2)21-3)13-25(18,22-4)23-5;;;;;;;;;;;/h10-17,20-23H,6-9,18-19,24H2,1-5H3;6-9H,10-13H2,1-5H3;8*1H4;1H;;/p+1/b21-20?,34-22+;;;;;;;;;;;;. The molecule has 0 spiro atoms. The summed E-state index contributed by atoms with van der Waals surface area (Å²) in [7, 11) is 2.14. The number of methoxy groups -OCH3 is 1. The molecule has 473 valence electrons.